The van der Waals surface area contributed by atoms with Crippen molar-refractivity contribution < 1.29 is 17.6 Å². The van der Waals surface area contributed by atoms with Gasteiger partial charge in [-0.2, -0.15) is 9.37 Å². The minimum Gasteiger partial charge on any atom is -0.381 e. The fourth-order valence-electron chi connectivity index (χ4n) is 2.48. The van der Waals surface area contributed by atoms with Gasteiger partial charge >= 0.3 is 0 Å². The van der Waals surface area contributed by atoms with Crippen LogP contribution in [0.3, 0.4) is 0 Å². The lowest BCUT2D eigenvalue weighted by Crippen LogP contribution is -2.16. The number of anilines is 1. The molecule has 1 atom stereocenters. The van der Waals surface area contributed by atoms with E-state index in [0.29, 0.717) is 23.9 Å². The summed E-state index contributed by atoms with van der Waals surface area (Å²) in [5, 5.41) is 3.33. The molecular formula is C17H14F4N4. The summed E-state index contributed by atoms with van der Waals surface area (Å²) in [4.78, 5) is 11.4. The van der Waals surface area contributed by atoms with Gasteiger partial charge in [0.25, 0.3) is 0 Å². The lowest BCUT2D eigenvalue weighted by atomic mass is 10.0. The van der Waals surface area contributed by atoms with Gasteiger partial charge in [0.1, 0.15) is 23.8 Å². The van der Waals surface area contributed by atoms with Crippen LogP contribution in [-0.2, 0) is 0 Å². The average Bonchev–Trinajstić information content (AvgIpc) is 2.56. The van der Waals surface area contributed by atoms with Crippen LogP contribution in [0.1, 0.15) is 20.3 Å². The van der Waals surface area contributed by atoms with Gasteiger partial charge in [0.2, 0.25) is 5.95 Å². The highest BCUT2D eigenvalue weighted by atomic mass is 19.1. The number of hydrogen-bond donors (Lipinski definition) is 1. The van der Waals surface area contributed by atoms with E-state index >= 15 is 0 Å². The van der Waals surface area contributed by atoms with Crippen LogP contribution >= 0.6 is 0 Å². The maximum Gasteiger partial charge on any atom is 0.225 e. The van der Waals surface area contributed by atoms with Crippen molar-refractivity contribution in [3.63, 3.8) is 0 Å². The number of nitrogens with one attached hydrogen (secondary N) is 1. The van der Waals surface area contributed by atoms with E-state index < -0.39 is 34.5 Å². The molecule has 0 amide bonds. The highest BCUT2D eigenvalue weighted by molar-refractivity contribution is 5.97. The van der Waals surface area contributed by atoms with Crippen molar-refractivity contribution in [2.24, 2.45) is 0 Å². The van der Waals surface area contributed by atoms with Gasteiger partial charge in [-0.25, -0.2) is 23.1 Å². The number of benzene rings is 1. The van der Waals surface area contributed by atoms with Crippen molar-refractivity contribution in [1.82, 2.24) is 15.0 Å². The summed E-state index contributed by atoms with van der Waals surface area (Å²) in [7, 11) is 0. The molecule has 1 aromatic carbocycles. The molecule has 130 valence electrons. The monoisotopic (exact) mass is 350 g/mol. The van der Waals surface area contributed by atoms with Crippen LogP contribution in [0, 0.1) is 23.4 Å². The molecule has 0 saturated carbocycles. The third kappa shape index (κ3) is 3.11. The van der Waals surface area contributed by atoms with Gasteiger partial charge < -0.3 is 5.32 Å². The fourth-order valence-corrected chi connectivity index (χ4v) is 2.48. The summed E-state index contributed by atoms with van der Waals surface area (Å²) in [5.74, 6) is -4.64. The molecule has 25 heavy (non-hydrogen) atoms. The van der Waals surface area contributed by atoms with Crippen molar-refractivity contribution in [2.45, 2.75) is 26.3 Å². The van der Waals surface area contributed by atoms with Crippen LogP contribution in [0.25, 0.3) is 22.2 Å². The first-order chi connectivity index (χ1) is 11.9. The Morgan fingerprint density at radius 2 is 1.76 bits per heavy atom. The smallest absolute Gasteiger partial charge is 0.225 e. The van der Waals surface area contributed by atoms with Crippen molar-refractivity contribution >= 4 is 16.7 Å². The lowest BCUT2D eigenvalue weighted by Gasteiger charge is -2.19. The van der Waals surface area contributed by atoms with Gasteiger partial charge in [-0.15, -0.1) is 0 Å². The molecule has 2 heterocycles. The molecule has 0 bridgehead atoms. The molecule has 0 aliphatic rings. The summed E-state index contributed by atoms with van der Waals surface area (Å²) in [6, 6.07) is 0.864. The van der Waals surface area contributed by atoms with Gasteiger partial charge in [-0.1, -0.05) is 6.92 Å². The van der Waals surface area contributed by atoms with Crippen molar-refractivity contribution in [2.75, 3.05) is 5.32 Å². The third-order valence-corrected chi connectivity index (χ3v) is 3.88. The Morgan fingerprint density at radius 3 is 2.40 bits per heavy atom. The largest absolute Gasteiger partial charge is 0.381 e. The van der Waals surface area contributed by atoms with Crippen molar-refractivity contribution in [3.05, 3.63) is 48.1 Å². The first kappa shape index (κ1) is 17.1. The Morgan fingerprint density at radius 1 is 1.08 bits per heavy atom. The highest BCUT2D eigenvalue weighted by Crippen LogP contribution is 2.38. The molecule has 0 saturated heterocycles. The molecule has 4 nitrogen and oxygen atoms in total. The molecule has 3 rings (SSSR count). The predicted molar refractivity (Wildman–Crippen MR) is 86.0 cm³/mol. The average molecular weight is 350 g/mol. The van der Waals surface area contributed by atoms with E-state index in [2.05, 4.69) is 20.3 Å². The standard InChI is InChI=1S/C17H14F4N4/c1-3-8(2)24-15-10-6-22-7-23-17(10)25-16(21)14(15)13-11(19)4-9(18)5-12(13)20/h4-8H,3H2,1-2H3,(H,22,23,24,25). The summed E-state index contributed by atoms with van der Waals surface area (Å²) >= 11 is 0. The summed E-state index contributed by atoms with van der Waals surface area (Å²) in [6.07, 6.45) is 3.25. The number of nitrogens with zero attached hydrogens (tertiary/aromatic N) is 3. The van der Waals surface area contributed by atoms with Gasteiger partial charge in [0.05, 0.1) is 22.2 Å². The zero-order valence-electron chi connectivity index (χ0n) is 13.4. The van der Waals surface area contributed by atoms with E-state index in [1.165, 1.54) is 12.5 Å². The summed E-state index contributed by atoms with van der Waals surface area (Å²) in [6.45, 7) is 3.72. The van der Waals surface area contributed by atoms with E-state index in [1.807, 2.05) is 13.8 Å². The molecule has 2 aromatic heterocycles. The number of pyridine rings is 1. The van der Waals surface area contributed by atoms with E-state index in [0.717, 1.165) is 0 Å². The minimum absolute atomic E-state index is 0.0463. The van der Waals surface area contributed by atoms with E-state index in [1.54, 1.807) is 0 Å². The minimum atomic E-state index is -1.22. The van der Waals surface area contributed by atoms with Crippen LogP contribution in [-0.4, -0.2) is 21.0 Å². The predicted octanol–water partition coefficient (Wildman–Crippen LogP) is 4.46. The first-order valence-corrected chi connectivity index (χ1v) is 7.63. The molecule has 0 aliphatic carbocycles. The molecule has 1 N–H and O–H groups in total. The van der Waals surface area contributed by atoms with Crippen LogP contribution < -0.4 is 5.32 Å². The second kappa shape index (κ2) is 6.62. The number of aromatic nitrogens is 3. The normalized spacial score (nSPS) is 12.4. The second-order valence-electron chi connectivity index (χ2n) is 5.61. The number of halogens is 4. The fraction of sp³-hybridized carbons (Fsp3) is 0.235. The Hall–Kier alpha value is -2.77. The molecule has 0 radical (unpaired) electrons. The first-order valence-electron chi connectivity index (χ1n) is 7.63. The molecule has 0 spiro atoms. The summed E-state index contributed by atoms with van der Waals surface area (Å²) in [5.41, 5.74) is -0.951. The molecular weight excluding hydrogens is 336 g/mol. The maximum atomic E-state index is 14.6. The van der Waals surface area contributed by atoms with E-state index in [4.69, 9.17) is 0 Å². The second-order valence-corrected chi connectivity index (χ2v) is 5.61. The molecule has 8 heteroatoms. The third-order valence-electron chi connectivity index (χ3n) is 3.88. The zero-order valence-corrected chi connectivity index (χ0v) is 13.4. The van der Waals surface area contributed by atoms with Crippen molar-refractivity contribution in [3.8, 4) is 11.1 Å². The van der Waals surface area contributed by atoms with Gasteiger partial charge in [0.15, 0.2) is 5.65 Å². The Balaban J connectivity index is 2.38. The number of hydrogen-bond acceptors (Lipinski definition) is 4. The van der Waals surface area contributed by atoms with Crippen LogP contribution in [0.5, 0.6) is 0 Å². The van der Waals surface area contributed by atoms with Gasteiger partial charge in [-0.3, -0.25) is 0 Å². The van der Waals surface area contributed by atoms with Gasteiger partial charge in [0, 0.05) is 24.4 Å². The quantitative estimate of drug-likeness (QED) is 0.558. The van der Waals surface area contributed by atoms with Crippen molar-refractivity contribution in [1.29, 1.82) is 0 Å². The Labute approximate surface area is 141 Å². The molecule has 0 aliphatic heterocycles. The number of fused-ring (bicyclic) bond motifs is 1. The number of rotatable bonds is 4. The topological polar surface area (TPSA) is 50.7 Å². The van der Waals surface area contributed by atoms with E-state index in [-0.39, 0.29) is 17.4 Å². The van der Waals surface area contributed by atoms with E-state index in [9.17, 15) is 17.6 Å². The van der Waals surface area contributed by atoms with Gasteiger partial charge in [-0.05, 0) is 13.3 Å². The Kier molecular flexibility index (Phi) is 4.52. The summed E-state index contributed by atoms with van der Waals surface area (Å²) < 4.78 is 56.3. The molecule has 0 fully saturated rings. The molecule has 3 aromatic rings. The lowest BCUT2D eigenvalue weighted by molar-refractivity contribution is 0.542. The van der Waals surface area contributed by atoms with Crippen LogP contribution in [0.4, 0.5) is 23.2 Å². The highest BCUT2D eigenvalue weighted by Gasteiger charge is 2.24. The van der Waals surface area contributed by atoms with Crippen LogP contribution in [0.15, 0.2) is 24.7 Å². The maximum absolute atomic E-state index is 14.6. The SMILES string of the molecule is CCC(C)Nc1c(-c2c(F)cc(F)cc2F)c(F)nc2ncncc12. The zero-order chi connectivity index (χ0) is 18.1. The molecule has 1 unspecified atom stereocenters. The Bertz CT molecular complexity index is 922. The van der Waals surface area contributed by atoms with Crippen LogP contribution in [0.2, 0.25) is 0 Å².